The molecule has 1 atom stereocenters. The molecule has 2 rings (SSSR count). The smallest absolute Gasteiger partial charge is 0.229 e. The minimum absolute atomic E-state index is 0.0745. The Labute approximate surface area is 118 Å². The lowest BCUT2D eigenvalue weighted by Crippen LogP contribution is -2.32. The minimum atomic E-state index is -3.70. The Balaban J connectivity index is 2.34. The highest BCUT2D eigenvalue weighted by Crippen LogP contribution is 2.28. The second-order valence-corrected chi connectivity index (χ2v) is 8.03. The molecule has 0 radical (unpaired) electrons. The molecule has 1 aliphatic heterocycles. The van der Waals surface area contributed by atoms with Crippen molar-refractivity contribution >= 4 is 21.7 Å². The molecule has 1 fully saturated rings. The summed E-state index contributed by atoms with van der Waals surface area (Å²) in [6.07, 6.45) is -0.0745. The van der Waals surface area contributed by atoms with Crippen LogP contribution in [0.25, 0.3) is 0 Å². The summed E-state index contributed by atoms with van der Waals surface area (Å²) in [7, 11) is -1.96. The Morgan fingerprint density at radius 1 is 1.40 bits per heavy atom. The van der Waals surface area contributed by atoms with Crippen molar-refractivity contribution in [2.75, 3.05) is 11.4 Å². The topological polar surface area (TPSA) is 98.3 Å². The zero-order valence-electron chi connectivity index (χ0n) is 12.1. The molecule has 112 valence electrons. The molecule has 1 saturated heterocycles. The molecule has 2 heterocycles. The highest BCUT2D eigenvalue weighted by atomic mass is 32.2. The van der Waals surface area contributed by atoms with Gasteiger partial charge in [0.2, 0.25) is 15.9 Å². The first-order valence-corrected chi connectivity index (χ1v) is 7.97. The van der Waals surface area contributed by atoms with E-state index < -0.39 is 15.3 Å². The van der Waals surface area contributed by atoms with E-state index in [-0.39, 0.29) is 24.3 Å². The van der Waals surface area contributed by atoms with Crippen molar-refractivity contribution in [1.29, 1.82) is 0 Å². The van der Waals surface area contributed by atoms with Crippen LogP contribution < -0.4 is 10.0 Å². The summed E-state index contributed by atoms with van der Waals surface area (Å²) in [6, 6.07) is 1.82. The molecular weight excluding hydrogens is 280 g/mol. The lowest BCUT2D eigenvalue weighted by Gasteiger charge is -2.16. The third-order valence-electron chi connectivity index (χ3n) is 3.45. The van der Waals surface area contributed by atoms with Crippen LogP contribution in [0.2, 0.25) is 0 Å². The van der Waals surface area contributed by atoms with E-state index in [0.29, 0.717) is 5.82 Å². The lowest BCUT2D eigenvalue weighted by atomic mass is 9.92. The molecule has 0 bridgehead atoms. The fraction of sp³-hybridized carbons (Fsp3) is 0.667. The Morgan fingerprint density at radius 3 is 2.40 bits per heavy atom. The predicted octanol–water partition coefficient (Wildman–Crippen LogP) is 0.111. The van der Waals surface area contributed by atoms with Crippen molar-refractivity contribution in [3.05, 3.63) is 11.8 Å². The second-order valence-electron chi connectivity index (χ2n) is 6.18. The lowest BCUT2D eigenvalue weighted by molar-refractivity contribution is -0.117. The largest absolute Gasteiger partial charge is 0.296 e. The molecule has 2 N–H and O–H groups in total. The van der Waals surface area contributed by atoms with Gasteiger partial charge in [-0.15, -0.1) is 0 Å². The maximum atomic E-state index is 12.0. The van der Waals surface area contributed by atoms with Gasteiger partial charge in [-0.25, -0.2) is 13.6 Å². The fourth-order valence-corrected chi connectivity index (χ4v) is 2.92. The van der Waals surface area contributed by atoms with Crippen LogP contribution in [0.5, 0.6) is 0 Å². The van der Waals surface area contributed by atoms with Crippen LogP contribution in [0.15, 0.2) is 6.07 Å². The summed E-state index contributed by atoms with van der Waals surface area (Å²) >= 11 is 0. The van der Waals surface area contributed by atoms with Gasteiger partial charge in [0.15, 0.2) is 0 Å². The van der Waals surface area contributed by atoms with Crippen molar-refractivity contribution in [3.8, 4) is 0 Å². The van der Waals surface area contributed by atoms with Gasteiger partial charge in [0.25, 0.3) is 0 Å². The summed E-state index contributed by atoms with van der Waals surface area (Å²) in [5, 5.41) is 8.67. The fourth-order valence-electron chi connectivity index (χ4n) is 2.19. The van der Waals surface area contributed by atoms with Crippen molar-refractivity contribution < 1.29 is 13.2 Å². The number of rotatable bonds is 2. The first kappa shape index (κ1) is 15.0. The van der Waals surface area contributed by atoms with Crippen LogP contribution >= 0.6 is 0 Å². The molecule has 1 aromatic rings. The van der Waals surface area contributed by atoms with Gasteiger partial charge < -0.3 is 0 Å². The maximum absolute atomic E-state index is 12.0. The van der Waals surface area contributed by atoms with Crippen molar-refractivity contribution in [2.24, 2.45) is 12.2 Å². The van der Waals surface area contributed by atoms with E-state index in [1.165, 1.54) is 4.90 Å². The zero-order chi connectivity index (χ0) is 15.3. The van der Waals surface area contributed by atoms with Crippen LogP contribution in [-0.4, -0.2) is 35.9 Å². The van der Waals surface area contributed by atoms with Crippen molar-refractivity contribution in [2.45, 2.75) is 37.9 Å². The van der Waals surface area contributed by atoms with Gasteiger partial charge in [0.05, 0.1) is 5.69 Å². The first-order chi connectivity index (χ1) is 9.00. The number of sulfonamides is 1. The Bertz CT molecular complexity index is 642. The number of carbonyl (C=O) groups excluding carboxylic acids is 1. The van der Waals surface area contributed by atoms with Gasteiger partial charge in [-0.05, 0) is 0 Å². The van der Waals surface area contributed by atoms with Crippen LogP contribution in [0.3, 0.4) is 0 Å². The van der Waals surface area contributed by atoms with E-state index in [4.69, 9.17) is 5.14 Å². The molecule has 0 aliphatic carbocycles. The van der Waals surface area contributed by atoms with Crippen LogP contribution in [0.1, 0.15) is 32.9 Å². The number of nitrogens with two attached hydrogens (primary N) is 1. The molecule has 0 saturated carbocycles. The molecule has 1 unspecified atom stereocenters. The molecular formula is C12H20N4O3S. The summed E-state index contributed by atoms with van der Waals surface area (Å²) in [4.78, 5) is 13.4. The van der Waals surface area contributed by atoms with Crippen LogP contribution in [0, 0.1) is 0 Å². The average molecular weight is 300 g/mol. The zero-order valence-corrected chi connectivity index (χ0v) is 12.9. The Hall–Kier alpha value is -1.41. The van der Waals surface area contributed by atoms with Crippen molar-refractivity contribution in [1.82, 2.24) is 9.78 Å². The van der Waals surface area contributed by atoms with E-state index in [2.05, 4.69) is 5.10 Å². The molecule has 0 spiro atoms. The number of hydrogen-bond acceptors (Lipinski definition) is 4. The van der Waals surface area contributed by atoms with Crippen LogP contribution in [0.4, 0.5) is 5.82 Å². The van der Waals surface area contributed by atoms with Gasteiger partial charge in [0.1, 0.15) is 11.1 Å². The van der Waals surface area contributed by atoms with Gasteiger partial charge in [-0.3, -0.25) is 14.4 Å². The van der Waals surface area contributed by atoms with E-state index in [1.807, 2.05) is 26.8 Å². The number of anilines is 1. The van der Waals surface area contributed by atoms with Gasteiger partial charge in [0, 0.05) is 31.5 Å². The third kappa shape index (κ3) is 2.71. The Morgan fingerprint density at radius 2 is 2.00 bits per heavy atom. The highest BCUT2D eigenvalue weighted by molar-refractivity contribution is 7.89. The van der Waals surface area contributed by atoms with E-state index in [1.54, 1.807) is 11.7 Å². The Kier molecular flexibility index (Phi) is 3.42. The SMILES string of the molecule is Cn1nc(C(C)(C)C)cc1N1CC(S(N)(=O)=O)CC1=O. The monoisotopic (exact) mass is 300 g/mol. The van der Waals surface area contributed by atoms with Crippen LogP contribution in [-0.2, 0) is 27.3 Å². The molecule has 20 heavy (non-hydrogen) atoms. The number of hydrogen-bond donors (Lipinski definition) is 1. The summed E-state index contributed by atoms with van der Waals surface area (Å²) in [5.41, 5.74) is 0.708. The van der Waals surface area contributed by atoms with Gasteiger partial charge >= 0.3 is 0 Å². The standard InChI is InChI=1S/C12H20N4O3S/c1-12(2,3)9-6-10(15(4)14-9)16-7-8(5-11(16)17)20(13,18)19/h6,8H,5,7H2,1-4H3,(H2,13,18,19). The highest BCUT2D eigenvalue weighted by Gasteiger charge is 2.38. The normalized spacial score (nSPS) is 20.8. The van der Waals surface area contributed by atoms with E-state index in [9.17, 15) is 13.2 Å². The molecule has 8 heteroatoms. The van der Waals surface area contributed by atoms with Crippen molar-refractivity contribution in [3.63, 3.8) is 0 Å². The number of aromatic nitrogens is 2. The number of aryl methyl sites for hydroxylation is 1. The molecule has 0 aromatic carbocycles. The quantitative estimate of drug-likeness (QED) is 0.838. The average Bonchev–Trinajstić information content (AvgIpc) is 2.80. The minimum Gasteiger partial charge on any atom is -0.296 e. The number of primary sulfonamides is 1. The summed E-state index contributed by atoms with van der Waals surface area (Å²) in [6.45, 7) is 6.16. The predicted molar refractivity (Wildman–Crippen MR) is 75.8 cm³/mol. The van der Waals surface area contributed by atoms with E-state index in [0.717, 1.165) is 5.69 Å². The molecule has 1 aromatic heterocycles. The van der Waals surface area contributed by atoms with Gasteiger partial charge in [-0.2, -0.15) is 5.10 Å². The molecule has 1 amide bonds. The number of carbonyl (C=O) groups is 1. The number of amides is 1. The maximum Gasteiger partial charge on any atom is 0.229 e. The summed E-state index contributed by atoms with van der Waals surface area (Å²) < 4.78 is 24.4. The van der Waals surface area contributed by atoms with E-state index >= 15 is 0 Å². The summed E-state index contributed by atoms with van der Waals surface area (Å²) in [5.74, 6) is 0.360. The third-order valence-corrected chi connectivity index (χ3v) is 4.70. The molecule has 7 nitrogen and oxygen atoms in total. The van der Waals surface area contributed by atoms with Gasteiger partial charge in [-0.1, -0.05) is 20.8 Å². The second kappa shape index (κ2) is 4.56. The number of nitrogens with zero attached hydrogens (tertiary/aromatic N) is 3. The first-order valence-electron chi connectivity index (χ1n) is 6.36. The molecule has 1 aliphatic rings.